The predicted molar refractivity (Wildman–Crippen MR) is 105 cm³/mol. The summed E-state index contributed by atoms with van der Waals surface area (Å²) in [5.74, 6) is 3.20. The average molecular weight is 393 g/mol. The molecular weight excluding hydrogens is 363 g/mol. The summed E-state index contributed by atoms with van der Waals surface area (Å²) in [6.07, 6.45) is 3.90. The normalized spacial score (nSPS) is 19.0. The van der Waals surface area contributed by atoms with Gasteiger partial charge in [0.2, 0.25) is 0 Å². The maximum atomic E-state index is 5.72. The molecule has 1 aliphatic heterocycles. The minimum atomic E-state index is 0. The van der Waals surface area contributed by atoms with Crippen LogP contribution in [-0.4, -0.2) is 52.4 Å². The lowest BCUT2D eigenvalue weighted by molar-refractivity contribution is 0.0798. The Kier molecular flexibility index (Phi) is 9.14. The second kappa shape index (κ2) is 10.3. The number of hydrogen-bond donors (Lipinski definition) is 1. The Morgan fingerprint density at radius 1 is 0.960 bits per heavy atom. The summed E-state index contributed by atoms with van der Waals surface area (Å²) < 4.78 is 16.8. The van der Waals surface area contributed by atoms with Gasteiger partial charge in [-0.25, -0.2) is 0 Å². The van der Waals surface area contributed by atoms with E-state index in [9.17, 15) is 0 Å². The monoisotopic (exact) mass is 392 g/mol. The van der Waals surface area contributed by atoms with Crippen LogP contribution < -0.4 is 19.5 Å². The van der Waals surface area contributed by atoms with Crippen molar-refractivity contribution in [3.05, 3.63) is 17.7 Å². The van der Waals surface area contributed by atoms with Crippen LogP contribution in [0.2, 0.25) is 0 Å². The highest BCUT2D eigenvalue weighted by Crippen LogP contribution is 2.48. The number of halogens is 2. The number of methoxy groups -OCH3 is 3. The van der Waals surface area contributed by atoms with Crippen LogP contribution in [-0.2, 0) is 0 Å². The topological polar surface area (TPSA) is 43.0 Å². The predicted octanol–water partition coefficient (Wildman–Crippen LogP) is 3.30. The second-order valence-electron chi connectivity index (χ2n) is 6.37. The molecule has 0 amide bonds. The van der Waals surface area contributed by atoms with E-state index in [-0.39, 0.29) is 24.8 Å². The largest absolute Gasteiger partial charge is 0.496 e. The molecule has 1 aromatic rings. The molecular formula is C18H30Cl2N2O3. The summed E-state index contributed by atoms with van der Waals surface area (Å²) in [4.78, 5) is 2.59. The fourth-order valence-corrected chi connectivity index (χ4v) is 3.76. The van der Waals surface area contributed by atoms with Gasteiger partial charge in [-0.05, 0) is 18.8 Å². The van der Waals surface area contributed by atoms with Gasteiger partial charge in [-0.3, -0.25) is 4.90 Å². The van der Waals surface area contributed by atoms with Crippen LogP contribution >= 0.6 is 24.8 Å². The molecule has 1 atom stereocenters. The maximum absolute atomic E-state index is 5.72. The van der Waals surface area contributed by atoms with Gasteiger partial charge in [0.25, 0.3) is 0 Å². The Morgan fingerprint density at radius 3 is 1.92 bits per heavy atom. The molecule has 2 fully saturated rings. The number of hydrogen-bond acceptors (Lipinski definition) is 5. The molecule has 1 saturated heterocycles. The van der Waals surface area contributed by atoms with Crippen molar-refractivity contribution in [2.24, 2.45) is 5.92 Å². The maximum Gasteiger partial charge on any atom is 0.131 e. The van der Waals surface area contributed by atoms with Gasteiger partial charge in [-0.15, -0.1) is 24.8 Å². The van der Waals surface area contributed by atoms with Gasteiger partial charge in [-0.2, -0.15) is 0 Å². The minimum Gasteiger partial charge on any atom is -0.496 e. The summed E-state index contributed by atoms with van der Waals surface area (Å²) in [5, 5.41) is 3.45. The highest BCUT2D eigenvalue weighted by molar-refractivity contribution is 5.85. The van der Waals surface area contributed by atoms with Crippen molar-refractivity contribution in [1.82, 2.24) is 10.2 Å². The van der Waals surface area contributed by atoms with E-state index in [1.165, 1.54) is 24.8 Å². The molecule has 0 spiro atoms. The number of nitrogens with one attached hydrogen (secondary N) is 1. The highest BCUT2D eigenvalue weighted by atomic mass is 35.5. The number of piperazine rings is 1. The molecule has 0 unspecified atom stereocenters. The fourth-order valence-electron chi connectivity index (χ4n) is 3.76. The molecule has 1 aliphatic carbocycles. The van der Waals surface area contributed by atoms with Crippen LogP contribution in [0.25, 0.3) is 0 Å². The van der Waals surface area contributed by atoms with Crippen LogP contribution in [0, 0.1) is 5.92 Å². The molecule has 0 bridgehead atoms. The molecule has 7 heteroatoms. The van der Waals surface area contributed by atoms with Crippen molar-refractivity contribution in [3.8, 4) is 17.2 Å². The van der Waals surface area contributed by atoms with Gasteiger partial charge in [0.15, 0.2) is 0 Å². The summed E-state index contributed by atoms with van der Waals surface area (Å²) in [6.45, 7) is 4.23. The van der Waals surface area contributed by atoms with Crippen molar-refractivity contribution >= 4 is 24.8 Å². The molecule has 1 aromatic carbocycles. The first kappa shape index (κ1) is 22.2. The number of rotatable bonds is 6. The molecule has 1 heterocycles. The first-order chi connectivity index (χ1) is 11.3. The summed E-state index contributed by atoms with van der Waals surface area (Å²) >= 11 is 0. The van der Waals surface area contributed by atoms with Crippen LogP contribution in [0.3, 0.4) is 0 Å². The zero-order chi connectivity index (χ0) is 16.2. The van der Waals surface area contributed by atoms with Crippen molar-refractivity contribution in [2.45, 2.75) is 25.3 Å². The molecule has 5 nitrogen and oxygen atoms in total. The van der Waals surface area contributed by atoms with Crippen molar-refractivity contribution in [2.75, 3.05) is 47.5 Å². The molecule has 0 aromatic heterocycles. The van der Waals surface area contributed by atoms with E-state index >= 15 is 0 Å². The Balaban J connectivity index is 0.00000156. The van der Waals surface area contributed by atoms with Crippen LogP contribution in [0.1, 0.15) is 30.9 Å². The van der Waals surface area contributed by atoms with E-state index in [4.69, 9.17) is 14.2 Å². The Hall–Kier alpha value is -0.880. The summed E-state index contributed by atoms with van der Waals surface area (Å²) in [5.41, 5.74) is 1.18. The summed E-state index contributed by atoms with van der Waals surface area (Å²) in [7, 11) is 5.13. The third-order valence-electron chi connectivity index (χ3n) is 5.19. The SMILES string of the molecule is COc1cc(OC)c([C@H](C2CCC2)N2CCNCC2)c(OC)c1.Cl.Cl. The van der Waals surface area contributed by atoms with Gasteiger partial charge in [0.05, 0.1) is 26.9 Å². The number of ether oxygens (including phenoxy) is 3. The molecule has 144 valence electrons. The van der Waals surface area contributed by atoms with E-state index in [0.29, 0.717) is 12.0 Å². The van der Waals surface area contributed by atoms with Gasteiger partial charge in [0, 0.05) is 44.4 Å². The standard InChI is InChI=1S/C18H28N2O3.2ClH/c1-21-14-11-15(22-2)17(16(12-14)23-3)18(13-5-4-6-13)20-9-7-19-8-10-20;;/h11-13,18-19H,4-10H2,1-3H3;2*1H/t18-;;/m0../s1. The van der Waals surface area contributed by atoms with Gasteiger partial charge >= 0.3 is 0 Å². The van der Waals surface area contributed by atoms with E-state index in [2.05, 4.69) is 10.2 Å². The Morgan fingerprint density at radius 2 is 1.52 bits per heavy atom. The van der Waals surface area contributed by atoms with E-state index in [1.807, 2.05) is 12.1 Å². The lowest BCUT2D eigenvalue weighted by Gasteiger charge is -2.44. The quantitative estimate of drug-likeness (QED) is 0.804. The Bertz CT molecular complexity index is 510. The molecule has 25 heavy (non-hydrogen) atoms. The molecule has 3 rings (SSSR count). The third-order valence-corrected chi connectivity index (χ3v) is 5.19. The second-order valence-corrected chi connectivity index (χ2v) is 6.37. The van der Waals surface area contributed by atoms with E-state index in [0.717, 1.165) is 43.4 Å². The van der Waals surface area contributed by atoms with Crippen LogP contribution in [0.4, 0.5) is 0 Å². The molecule has 0 radical (unpaired) electrons. The third kappa shape index (κ3) is 4.64. The fraction of sp³-hybridized carbons (Fsp3) is 0.667. The molecule has 2 aliphatic rings. The lowest BCUT2D eigenvalue weighted by Crippen LogP contribution is -2.48. The smallest absolute Gasteiger partial charge is 0.131 e. The zero-order valence-electron chi connectivity index (χ0n) is 15.2. The van der Waals surface area contributed by atoms with E-state index in [1.54, 1.807) is 21.3 Å². The number of nitrogens with zero attached hydrogens (tertiary/aromatic N) is 1. The van der Waals surface area contributed by atoms with Crippen LogP contribution in [0.5, 0.6) is 17.2 Å². The Labute approximate surface area is 163 Å². The van der Waals surface area contributed by atoms with Gasteiger partial charge in [-0.1, -0.05) is 6.42 Å². The van der Waals surface area contributed by atoms with Gasteiger partial charge in [0.1, 0.15) is 17.2 Å². The number of benzene rings is 1. The van der Waals surface area contributed by atoms with E-state index < -0.39 is 0 Å². The lowest BCUT2D eigenvalue weighted by atomic mass is 9.75. The van der Waals surface area contributed by atoms with Crippen molar-refractivity contribution < 1.29 is 14.2 Å². The minimum absolute atomic E-state index is 0. The first-order valence-electron chi connectivity index (χ1n) is 8.53. The van der Waals surface area contributed by atoms with Crippen molar-refractivity contribution in [3.63, 3.8) is 0 Å². The molecule has 1 saturated carbocycles. The average Bonchev–Trinajstić information content (AvgIpc) is 2.57. The van der Waals surface area contributed by atoms with Crippen LogP contribution in [0.15, 0.2) is 12.1 Å². The summed E-state index contributed by atoms with van der Waals surface area (Å²) in [6, 6.07) is 4.32. The highest BCUT2D eigenvalue weighted by Gasteiger charge is 2.37. The van der Waals surface area contributed by atoms with Gasteiger partial charge < -0.3 is 19.5 Å². The molecule has 1 N–H and O–H groups in total. The zero-order valence-corrected chi connectivity index (χ0v) is 16.9. The van der Waals surface area contributed by atoms with Crippen molar-refractivity contribution in [1.29, 1.82) is 0 Å². The first-order valence-corrected chi connectivity index (χ1v) is 8.53.